The van der Waals surface area contributed by atoms with E-state index in [-0.39, 0.29) is 0 Å². The fraction of sp³-hybridized carbons (Fsp3) is 0.500. The fourth-order valence-electron chi connectivity index (χ4n) is 3.08. The zero-order valence-corrected chi connectivity index (χ0v) is 16.3. The van der Waals surface area contributed by atoms with Crippen molar-refractivity contribution < 1.29 is 4.74 Å². The number of methoxy groups -OCH3 is 1. The molecule has 140 valence electrons. The number of nitrogens with zero attached hydrogens (tertiary/aromatic N) is 3. The van der Waals surface area contributed by atoms with Gasteiger partial charge in [0.15, 0.2) is 11.8 Å². The summed E-state index contributed by atoms with van der Waals surface area (Å²) < 4.78 is 5.18. The first-order valence-electron chi connectivity index (χ1n) is 8.77. The lowest BCUT2D eigenvalue weighted by Gasteiger charge is -2.16. The van der Waals surface area contributed by atoms with Crippen molar-refractivity contribution in [2.75, 3.05) is 20.4 Å². The highest BCUT2D eigenvalue weighted by Crippen LogP contribution is 2.28. The number of aromatic amines is 1. The van der Waals surface area contributed by atoms with E-state index in [1.54, 1.807) is 14.2 Å². The molecule has 3 N–H and O–H groups in total. The Bertz CT molecular complexity index is 730. The van der Waals surface area contributed by atoms with Crippen molar-refractivity contribution in [1.29, 1.82) is 0 Å². The second-order valence-corrected chi connectivity index (χ2v) is 7.41. The third kappa shape index (κ3) is 4.69. The smallest absolute Gasteiger partial charge is 0.191 e. The number of hydrogen-bond acceptors (Lipinski definition) is 5. The van der Waals surface area contributed by atoms with Crippen molar-refractivity contribution in [3.8, 4) is 17.1 Å². The van der Waals surface area contributed by atoms with Crippen LogP contribution >= 0.6 is 11.8 Å². The molecule has 0 radical (unpaired) electrons. The summed E-state index contributed by atoms with van der Waals surface area (Å²) in [5, 5.41) is 14.8. The predicted molar refractivity (Wildman–Crippen MR) is 107 cm³/mol. The summed E-state index contributed by atoms with van der Waals surface area (Å²) >= 11 is 1.95. The lowest BCUT2D eigenvalue weighted by Crippen LogP contribution is -2.42. The molecule has 2 unspecified atom stereocenters. The number of ether oxygens (including phenoxy) is 1. The van der Waals surface area contributed by atoms with Crippen LogP contribution in [0, 0.1) is 0 Å². The first-order valence-corrected chi connectivity index (χ1v) is 10.1. The Hall–Kier alpha value is -2.22. The Kier molecular flexibility index (Phi) is 6.38. The summed E-state index contributed by atoms with van der Waals surface area (Å²) in [6.45, 7) is 0.543. The zero-order valence-electron chi connectivity index (χ0n) is 15.5. The van der Waals surface area contributed by atoms with Crippen LogP contribution in [-0.2, 0) is 6.54 Å². The van der Waals surface area contributed by atoms with Crippen LogP contribution < -0.4 is 15.4 Å². The molecule has 26 heavy (non-hydrogen) atoms. The Balaban J connectivity index is 1.53. The van der Waals surface area contributed by atoms with Gasteiger partial charge in [-0.15, -0.1) is 0 Å². The van der Waals surface area contributed by atoms with Crippen molar-refractivity contribution in [1.82, 2.24) is 25.8 Å². The fourth-order valence-corrected chi connectivity index (χ4v) is 3.88. The lowest BCUT2D eigenvalue weighted by atomic mass is 10.2. The minimum Gasteiger partial charge on any atom is -0.497 e. The van der Waals surface area contributed by atoms with E-state index < -0.39 is 0 Å². The zero-order chi connectivity index (χ0) is 18.4. The Labute approximate surface area is 158 Å². The Morgan fingerprint density at radius 3 is 2.81 bits per heavy atom. The van der Waals surface area contributed by atoms with E-state index in [1.807, 2.05) is 36.0 Å². The second-order valence-electron chi connectivity index (χ2n) is 6.27. The summed E-state index contributed by atoms with van der Waals surface area (Å²) in [4.78, 5) is 8.86. The van der Waals surface area contributed by atoms with Crippen LogP contribution in [-0.4, -0.2) is 52.8 Å². The molecule has 1 aliphatic carbocycles. The number of guanidine groups is 1. The minimum atomic E-state index is 0.489. The van der Waals surface area contributed by atoms with Crippen LogP contribution in [0.1, 0.15) is 25.1 Å². The largest absolute Gasteiger partial charge is 0.497 e. The van der Waals surface area contributed by atoms with Gasteiger partial charge in [-0.1, -0.05) is 0 Å². The first-order chi connectivity index (χ1) is 12.7. The van der Waals surface area contributed by atoms with Crippen molar-refractivity contribution in [3.05, 3.63) is 30.1 Å². The van der Waals surface area contributed by atoms with Crippen LogP contribution in [0.3, 0.4) is 0 Å². The topological polar surface area (TPSA) is 87.2 Å². The van der Waals surface area contributed by atoms with E-state index in [2.05, 4.69) is 37.1 Å². The molecule has 7 nitrogen and oxygen atoms in total. The number of nitrogens with one attached hydrogen (secondary N) is 3. The van der Waals surface area contributed by atoms with Gasteiger partial charge >= 0.3 is 0 Å². The highest BCUT2D eigenvalue weighted by molar-refractivity contribution is 7.99. The van der Waals surface area contributed by atoms with E-state index in [0.29, 0.717) is 18.4 Å². The molecular weight excluding hydrogens is 348 g/mol. The second kappa shape index (κ2) is 8.93. The quantitative estimate of drug-likeness (QED) is 0.532. The Morgan fingerprint density at radius 2 is 2.15 bits per heavy atom. The summed E-state index contributed by atoms with van der Waals surface area (Å²) in [5.41, 5.74) is 0.949. The van der Waals surface area contributed by atoms with Crippen LogP contribution in [0.2, 0.25) is 0 Å². The third-order valence-corrected chi connectivity index (χ3v) is 5.68. The molecule has 1 fully saturated rings. The highest BCUT2D eigenvalue weighted by atomic mass is 32.2. The standard InChI is InChI=1S/C18H26N6OS/c1-19-18(21-13-6-9-15(10-13)26-3)20-11-16-22-17(24-23-16)12-4-7-14(25-2)8-5-12/h4-5,7-8,13,15H,6,9-11H2,1-3H3,(H2,19,20,21)(H,22,23,24). The van der Waals surface area contributed by atoms with Crippen LogP contribution in [0.15, 0.2) is 29.3 Å². The first kappa shape index (κ1) is 18.6. The SMILES string of the molecule is CN=C(NCc1nc(-c2ccc(OC)cc2)n[nH]1)NC1CCC(SC)C1. The van der Waals surface area contributed by atoms with Gasteiger partial charge in [-0.3, -0.25) is 10.1 Å². The van der Waals surface area contributed by atoms with E-state index in [9.17, 15) is 0 Å². The van der Waals surface area contributed by atoms with Crippen molar-refractivity contribution in [2.45, 2.75) is 37.1 Å². The van der Waals surface area contributed by atoms with Crippen LogP contribution in [0.4, 0.5) is 0 Å². The van der Waals surface area contributed by atoms with Gasteiger partial charge < -0.3 is 15.4 Å². The Morgan fingerprint density at radius 1 is 1.35 bits per heavy atom. The van der Waals surface area contributed by atoms with Crippen LogP contribution in [0.5, 0.6) is 5.75 Å². The van der Waals surface area contributed by atoms with E-state index in [1.165, 1.54) is 19.3 Å². The maximum Gasteiger partial charge on any atom is 0.191 e. The molecule has 1 heterocycles. The molecule has 2 aromatic rings. The van der Waals surface area contributed by atoms with Crippen molar-refractivity contribution in [3.63, 3.8) is 0 Å². The van der Waals surface area contributed by atoms with Gasteiger partial charge in [0.1, 0.15) is 11.6 Å². The molecule has 3 rings (SSSR count). The average Bonchev–Trinajstić information content (AvgIpc) is 3.34. The number of thioether (sulfide) groups is 1. The van der Waals surface area contributed by atoms with Gasteiger partial charge in [0.2, 0.25) is 0 Å². The number of hydrogen-bond donors (Lipinski definition) is 3. The molecule has 0 spiro atoms. The molecule has 1 aliphatic rings. The lowest BCUT2D eigenvalue weighted by molar-refractivity contribution is 0.415. The molecule has 0 bridgehead atoms. The molecular formula is C18H26N6OS. The van der Waals surface area contributed by atoms with Gasteiger partial charge in [0, 0.05) is 23.9 Å². The van der Waals surface area contributed by atoms with Crippen molar-refractivity contribution in [2.24, 2.45) is 4.99 Å². The highest BCUT2D eigenvalue weighted by Gasteiger charge is 2.24. The molecule has 0 aliphatic heterocycles. The van der Waals surface area contributed by atoms with E-state index in [4.69, 9.17) is 4.74 Å². The van der Waals surface area contributed by atoms with Gasteiger partial charge in [0.05, 0.1) is 13.7 Å². The molecule has 1 aromatic carbocycles. The normalized spacial score (nSPS) is 20.2. The maximum atomic E-state index is 5.18. The van der Waals surface area contributed by atoms with Gasteiger partial charge in [0.25, 0.3) is 0 Å². The molecule has 1 saturated carbocycles. The number of aromatic nitrogens is 3. The predicted octanol–water partition coefficient (Wildman–Crippen LogP) is 2.43. The maximum absolute atomic E-state index is 5.18. The molecule has 1 aromatic heterocycles. The van der Waals surface area contributed by atoms with Crippen LogP contribution in [0.25, 0.3) is 11.4 Å². The molecule has 8 heteroatoms. The summed E-state index contributed by atoms with van der Waals surface area (Å²) in [5.74, 6) is 3.06. The summed E-state index contributed by atoms with van der Waals surface area (Å²) in [7, 11) is 3.44. The number of H-pyrrole nitrogens is 1. The van der Waals surface area contributed by atoms with Gasteiger partial charge in [-0.25, -0.2) is 4.98 Å². The summed E-state index contributed by atoms with van der Waals surface area (Å²) in [6.07, 6.45) is 5.83. The minimum absolute atomic E-state index is 0.489. The van der Waals surface area contributed by atoms with Crippen molar-refractivity contribution >= 4 is 17.7 Å². The average molecular weight is 375 g/mol. The number of rotatable bonds is 6. The summed E-state index contributed by atoms with van der Waals surface area (Å²) in [6, 6.07) is 8.19. The monoisotopic (exact) mass is 374 g/mol. The number of benzene rings is 1. The van der Waals surface area contributed by atoms with E-state index >= 15 is 0 Å². The van der Waals surface area contributed by atoms with E-state index in [0.717, 1.165) is 28.3 Å². The van der Waals surface area contributed by atoms with Gasteiger partial charge in [-0.2, -0.15) is 16.9 Å². The molecule has 2 atom stereocenters. The molecule has 0 amide bonds. The van der Waals surface area contributed by atoms with Gasteiger partial charge in [-0.05, 0) is 49.8 Å². The third-order valence-electron chi connectivity index (χ3n) is 4.59. The molecule has 0 saturated heterocycles. The number of aliphatic imine (C=N–C) groups is 1.